The van der Waals surface area contributed by atoms with E-state index in [2.05, 4.69) is 202 Å². The van der Waals surface area contributed by atoms with Crippen LogP contribution in [0.2, 0.25) is 0 Å². The Balaban J connectivity index is 1.16. The Morgan fingerprint density at radius 1 is 0.296 bits per heavy atom. The van der Waals surface area contributed by atoms with Gasteiger partial charge in [-0.25, -0.2) is 0 Å². The van der Waals surface area contributed by atoms with Gasteiger partial charge in [0.05, 0.1) is 22.1 Å². The lowest BCUT2D eigenvalue weighted by Crippen LogP contribution is -2.03. The average Bonchev–Trinajstić information content (AvgIpc) is 3.97. The number of para-hydroxylation sites is 4. The maximum absolute atomic E-state index is 2.48. The number of hydrogen-bond donors (Lipinski definition) is 0. The van der Waals surface area contributed by atoms with Crippen molar-refractivity contribution < 1.29 is 0 Å². The first-order valence-electron chi connectivity index (χ1n) is 18.4. The van der Waals surface area contributed by atoms with Crippen LogP contribution in [0, 0.1) is 0 Å². The van der Waals surface area contributed by atoms with Crippen LogP contribution in [0.1, 0.15) is 0 Å². The molecule has 3 nitrogen and oxygen atoms in total. The van der Waals surface area contributed by atoms with Gasteiger partial charge in [-0.05, 0) is 90.0 Å². The quantitative estimate of drug-likeness (QED) is 0.173. The molecule has 0 atom stereocenters. The third kappa shape index (κ3) is 4.17. The molecule has 54 heavy (non-hydrogen) atoms. The molecule has 4 heteroatoms. The minimum absolute atomic E-state index is 1.12. The molecule has 0 saturated heterocycles. The molecule has 0 aliphatic rings. The minimum atomic E-state index is 1.12. The second-order valence-electron chi connectivity index (χ2n) is 14.2. The third-order valence-corrected chi connectivity index (χ3v) is 12.4. The summed E-state index contributed by atoms with van der Waals surface area (Å²) in [6.45, 7) is 0. The summed E-state index contributed by atoms with van der Waals surface area (Å²) in [6.07, 6.45) is 0. The van der Waals surface area contributed by atoms with Gasteiger partial charge in [0.15, 0.2) is 0 Å². The van der Waals surface area contributed by atoms with Crippen LogP contribution >= 0.6 is 11.3 Å². The van der Waals surface area contributed by atoms with Crippen molar-refractivity contribution in [2.45, 2.75) is 0 Å². The lowest BCUT2D eigenvalue weighted by Gasteiger charge is -2.15. The van der Waals surface area contributed by atoms with Gasteiger partial charge in [-0.2, -0.15) is 0 Å². The van der Waals surface area contributed by atoms with Gasteiger partial charge in [-0.15, -0.1) is 11.3 Å². The van der Waals surface area contributed by atoms with Crippen molar-refractivity contribution in [1.82, 2.24) is 13.7 Å². The molecule has 12 rings (SSSR count). The Morgan fingerprint density at radius 3 is 1.54 bits per heavy atom. The predicted octanol–water partition coefficient (Wildman–Crippen LogP) is 13.9. The van der Waals surface area contributed by atoms with Crippen LogP contribution in [-0.4, -0.2) is 13.7 Å². The van der Waals surface area contributed by atoms with Gasteiger partial charge in [-0.3, -0.25) is 9.13 Å². The molecule has 0 unspecified atom stereocenters. The molecule has 4 aromatic heterocycles. The molecule has 0 bridgehead atoms. The van der Waals surface area contributed by atoms with E-state index in [0.29, 0.717) is 0 Å². The monoisotopic (exact) mass is 705 g/mol. The minimum Gasteiger partial charge on any atom is -0.309 e. The van der Waals surface area contributed by atoms with E-state index < -0.39 is 0 Å². The van der Waals surface area contributed by atoms with E-state index in [-0.39, 0.29) is 0 Å². The van der Waals surface area contributed by atoms with Crippen molar-refractivity contribution in [1.29, 1.82) is 0 Å². The summed E-state index contributed by atoms with van der Waals surface area (Å²) in [6, 6.07) is 68.9. The molecule has 0 amide bonds. The molecule has 0 saturated carbocycles. The fraction of sp³-hybridized carbons (Fsp3) is 0. The first-order valence-corrected chi connectivity index (χ1v) is 19.3. The summed E-state index contributed by atoms with van der Waals surface area (Å²) in [5.74, 6) is 0. The predicted molar refractivity (Wildman–Crippen MR) is 230 cm³/mol. The van der Waals surface area contributed by atoms with E-state index in [4.69, 9.17) is 0 Å². The number of aromatic nitrogens is 3. The first-order chi connectivity index (χ1) is 26.8. The summed E-state index contributed by atoms with van der Waals surface area (Å²) in [5, 5.41) is 8.91. The molecule has 0 aliphatic carbocycles. The van der Waals surface area contributed by atoms with Gasteiger partial charge in [-0.1, -0.05) is 109 Å². The van der Waals surface area contributed by atoms with Gasteiger partial charge in [0, 0.05) is 64.2 Å². The third-order valence-electron chi connectivity index (χ3n) is 11.2. The van der Waals surface area contributed by atoms with Crippen LogP contribution < -0.4 is 0 Å². The van der Waals surface area contributed by atoms with Gasteiger partial charge in [0.1, 0.15) is 5.65 Å². The number of benzene rings is 8. The van der Waals surface area contributed by atoms with E-state index in [1.165, 1.54) is 80.3 Å². The highest BCUT2D eigenvalue weighted by atomic mass is 32.1. The topological polar surface area (TPSA) is 14.8 Å². The Morgan fingerprint density at radius 2 is 0.796 bits per heavy atom. The molecule has 8 aromatic carbocycles. The zero-order valence-electron chi connectivity index (χ0n) is 29.1. The van der Waals surface area contributed by atoms with Crippen molar-refractivity contribution in [3.05, 3.63) is 188 Å². The van der Waals surface area contributed by atoms with E-state index in [1.54, 1.807) is 0 Å². The summed E-state index contributed by atoms with van der Waals surface area (Å²) < 4.78 is 9.99. The maximum atomic E-state index is 2.48. The zero-order valence-corrected chi connectivity index (χ0v) is 30.0. The normalized spacial score (nSPS) is 12.1. The van der Waals surface area contributed by atoms with Crippen molar-refractivity contribution >= 4 is 86.2 Å². The molecule has 0 radical (unpaired) electrons. The fourth-order valence-electron chi connectivity index (χ4n) is 8.91. The lowest BCUT2D eigenvalue weighted by molar-refractivity contribution is 1.06. The SMILES string of the molecule is c1ccc(-n2c3ccccc3c3c4cc(-c5ccc6sc7ccccc7c6c5)ccc4n(-c4cccc(-n5c6ccccc6c6ccccc65)c4)c32)cc1. The van der Waals surface area contributed by atoms with Crippen LogP contribution in [-0.2, 0) is 0 Å². The van der Waals surface area contributed by atoms with Crippen molar-refractivity contribution in [2.75, 3.05) is 0 Å². The molecular formula is C50H31N3S. The van der Waals surface area contributed by atoms with Gasteiger partial charge < -0.3 is 4.57 Å². The lowest BCUT2D eigenvalue weighted by atomic mass is 10.0. The van der Waals surface area contributed by atoms with E-state index >= 15 is 0 Å². The van der Waals surface area contributed by atoms with Crippen LogP contribution in [0.5, 0.6) is 0 Å². The molecule has 252 valence electrons. The summed E-state index contributed by atoms with van der Waals surface area (Å²) in [4.78, 5) is 0. The Hall–Kier alpha value is -6.88. The Labute approximate surface area is 314 Å². The molecule has 0 aliphatic heterocycles. The van der Waals surface area contributed by atoms with Crippen LogP contribution in [0.15, 0.2) is 188 Å². The van der Waals surface area contributed by atoms with Crippen molar-refractivity contribution in [3.8, 4) is 28.2 Å². The number of hydrogen-bond acceptors (Lipinski definition) is 1. The first kappa shape index (κ1) is 29.7. The van der Waals surface area contributed by atoms with Crippen LogP contribution in [0.3, 0.4) is 0 Å². The highest BCUT2D eigenvalue weighted by molar-refractivity contribution is 7.25. The molecule has 4 heterocycles. The molecular weight excluding hydrogens is 675 g/mol. The number of thiophene rings is 1. The number of nitrogens with zero attached hydrogens (tertiary/aromatic N) is 3. The highest BCUT2D eigenvalue weighted by Crippen LogP contribution is 2.43. The van der Waals surface area contributed by atoms with Gasteiger partial charge in [0.2, 0.25) is 0 Å². The smallest absolute Gasteiger partial charge is 0.131 e. The molecule has 0 fully saturated rings. The molecule has 12 aromatic rings. The summed E-state index contributed by atoms with van der Waals surface area (Å²) >= 11 is 1.87. The molecule has 0 spiro atoms. The largest absolute Gasteiger partial charge is 0.309 e. The van der Waals surface area contributed by atoms with Gasteiger partial charge >= 0.3 is 0 Å². The zero-order chi connectivity index (χ0) is 35.3. The Bertz CT molecular complexity index is 3390. The van der Waals surface area contributed by atoms with Crippen molar-refractivity contribution in [2.24, 2.45) is 0 Å². The number of fused-ring (bicyclic) bond motifs is 11. The van der Waals surface area contributed by atoms with Crippen LogP contribution in [0.25, 0.3) is 103 Å². The fourth-order valence-corrected chi connectivity index (χ4v) is 9.99. The molecule has 0 N–H and O–H groups in total. The van der Waals surface area contributed by atoms with E-state index in [1.807, 2.05) is 11.3 Å². The van der Waals surface area contributed by atoms with E-state index in [0.717, 1.165) is 22.7 Å². The average molecular weight is 706 g/mol. The van der Waals surface area contributed by atoms with Gasteiger partial charge in [0.25, 0.3) is 0 Å². The number of rotatable bonds is 4. The second-order valence-corrected chi connectivity index (χ2v) is 15.2. The van der Waals surface area contributed by atoms with Crippen molar-refractivity contribution in [3.63, 3.8) is 0 Å². The maximum Gasteiger partial charge on any atom is 0.131 e. The summed E-state index contributed by atoms with van der Waals surface area (Å²) in [7, 11) is 0. The van der Waals surface area contributed by atoms with Crippen LogP contribution in [0.4, 0.5) is 0 Å². The summed E-state index contributed by atoms with van der Waals surface area (Å²) in [5.41, 5.74) is 11.8. The van der Waals surface area contributed by atoms with E-state index in [9.17, 15) is 0 Å². The Kier molecular flexibility index (Phi) is 6.21. The second kappa shape index (κ2) is 11.3. The standard InChI is InChI=1S/C50H31N3S/c1-2-13-34(14-3-1)52-45-23-10-6-20-40(45)49-42-30-32(33-26-28-48-41(29-33)39-19-7-11-24-47(39)54-48)25-27-46(42)53(50(49)52)36-16-12-15-35(31-36)51-43-21-8-4-17-37(43)38-18-5-9-22-44(38)51/h1-31H. The highest BCUT2D eigenvalue weighted by Gasteiger charge is 2.23.